The number of sulfone groups is 1. The standard InChI is InChI=1S/C18H22N4O3S/c1-12-10-16(17(23)20-13(2)14-6-4-3-5-7-14)22-18(19-12)21-15-8-9-26(24,25)11-15/h3-7,10,13,15H,8-9,11H2,1-2H3,(H,20,23)(H,19,21,22). The van der Waals surface area contributed by atoms with Crippen molar-refractivity contribution in [2.45, 2.75) is 32.4 Å². The summed E-state index contributed by atoms with van der Waals surface area (Å²) in [5, 5.41) is 5.96. The molecule has 1 amide bonds. The smallest absolute Gasteiger partial charge is 0.270 e. The number of benzene rings is 1. The third-order valence-corrected chi connectivity index (χ3v) is 6.07. The summed E-state index contributed by atoms with van der Waals surface area (Å²) in [6.45, 7) is 3.68. The maximum Gasteiger partial charge on any atom is 0.270 e. The van der Waals surface area contributed by atoms with Crippen LogP contribution in [-0.2, 0) is 9.84 Å². The Balaban J connectivity index is 1.71. The quantitative estimate of drug-likeness (QED) is 0.829. The molecule has 1 aliphatic rings. The third-order valence-electron chi connectivity index (χ3n) is 4.30. The zero-order valence-corrected chi connectivity index (χ0v) is 15.6. The van der Waals surface area contributed by atoms with Crippen LogP contribution in [0.5, 0.6) is 0 Å². The zero-order chi connectivity index (χ0) is 18.7. The fraction of sp³-hybridized carbons (Fsp3) is 0.389. The van der Waals surface area contributed by atoms with Crippen LogP contribution in [0.25, 0.3) is 0 Å². The van der Waals surface area contributed by atoms with E-state index in [1.54, 1.807) is 13.0 Å². The molecular formula is C18H22N4O3S. The van der Waals surface area contributed by atoms with Gasteiger partial charge in [0.15, 0.2) is 9.84 Å². The van der Waals surface area contributed by atoms with Gasteiger partial charge in [0.1, 0.15) is 5.69 Å². The van der Waals surface area contributed by atoms with E-state index in [4.69, 9.17) is 0 Å². The van der Waals surface area contributed by atoms with Crippen LogP contribution in [0.4, 0.5) is 5.95 Å². The minimum Gasteiger partial charge on any atom is -0.350 e. The molecule has 0 aliphatic carbocycles. The summed E-state index contributed by atoms with van der Waals surface area (Å²) in [5.74, 6) is 0.216. The molecule has 138 valence electrons. The molecule has 2 aromatic rings. The highest BCUT2D eigenvalue weighted by Gasteiger charge is 2.28. The number of hydrogen-bond acceptors (Lipinski definition) is 6. The number of hydrogen-bond donors (Lipinski definition) is 2. The minimum atomic E-state index is -3.00. The fourth-order valence-corrected chi connectivity index (χ4v) is 4.61. The molecule has 1 fully saturated rings. The molecule has 26 heavy (non-hydrogen) atoms. The fourth-order valence-electron chi connectivity index (χ4n) is 2.94. The lowest BCUT2D eigenvalue weighted by atomic mass is 10.1. The lowest BCUT2D eigenvalue weighted by Crippen LogP contribution is -2.28. The second-order valence-corrected chi connectivity index (χ2v) is 8.80. The van der Waals surface area contributed by atoms with Gasteiger partial charge in [-0.3, -0.25) is 4.79 Å². The summed E-state index contributed by atoms with van der Waals surface area (Å²) >= 11 is 0. The van der Waals surface area contributed by atoms with Crippen LogP contribution in [0.2, 0.25) is 0 Å². The van der Waals surface area contributed by atoms with Gasteiger partial charge < -0.3 is 10.6 Å². The second-order valence-electron chi connectivity index (χ2n) is 6.57. The van der Waals surface area contributed by atoms with E-state index in [0.717, 1.165) is 5.56 Å². The molecule has 2 atom stereocenters. The first-order valence-corrected chi connectivity index (χ1v) is 10.3. The summed E-state index contributed by atoms with van der Waals surface area (Å²) in [4.78, 5) is 21.1. The molecule has 0 saturated carbocycles. The minimum absolute atomic E-state index is 0.0663. The highest BCUT2D eigenvalue weighted by molar-refractivity contribution is 7.91. The van der Waals surface area contributed by atoms with Crippen LogP contribution in [0.15, 0.2) is 36.4 Å². The van der Waals surface area contributed by atoms with Crippen LogP contribution in [0.3, 0.4) is 0 Å². The number of aromatic nitrogens is 2. The zero-order valence-electron chi connectivity index (χ0n) is 14.8. The first-order valence-electron chi connectivity index (χ1n) is 8.51. The molecule has 1 aromatic heterocycles. The molecule has 2 heterocycles. The van der Waals surface area contributed by atoms with Crippen molar-refractivity contribution in [1.29, 1.82) is 0 Å². The normalized spacial score (nSPS) is 19.7. The van der Waals surface area contributed by atoms with E-state index in [1.807, 2.05) is 37.3 Å². The summed E-state index contributed by atoms with van der Waals surface area (Å²) in [6, 6.07) is 10.9. The molecule has 0 bridgehead atoms. The Morgan fingerprint density at radius 2 is 1.96 bits per heavy atom. The maximum absolute atomic E-state index is 12.5. The molecule has 7 nitrogen and oxygen atoms in total. The lowest BCUT2D eigenvalue weighted by molar-refractivity contribution is 0.0934. The number of nitrogens with zero attached hydrogens (tertiary/aromatic N) is 2. The van der Waals surface area contributed by atoms with E-state index < -0.39 is 9.84 Å². The van der Waals surface area contributed by atoms with Gasteiger partial charge in [0.25, 0.3) is 5.91 Å². The Morgan fingerprint density at radius 3 is 2.62 bits per heavy atom. The van der Waals surface area contributed by atoms with E-state index in [-0.39, 0.29) is 41.1 Å². The Labute approximate surface area is 153 Å². The molecular weight excluding hydrogens is 352 g/mol. The van der Waals surface area contributed by atoms with Crippen LogP contribution in [-0.4, -0.2) is 41.8 Å². The number of carbonyl (C=O) groups is 1. The molecule has 1 saturated heterocycles. The summed E-state index contributed by atoms with van der Waals surface area (Å²) in [7, 11) is -3.00. The SMILES string of the molecule is Cc1cc(C(=O)NC(C)c2ccccc2)nc(NC2CCS(=O)(=O)C2)n1. The Hall–Kier alpha value is -2.48. The van der Waals surface area contributed by atoms with Crippen LogP contribution in [0, 0.1) is 6.92 Å². The molecule has 3 rings (SSSR count). The van der Waals surface area contributed by atoms with Crippen LogP contribution < -0.4 is 10.6 Å². The Bertz CT molecular complexity index is 900. The molecule has 1 aliphatic heterocycles. The van der Waals surface area contributed by atoms with Crippen molar-refractivity contribution in [1.82, 2.24) is 15.3 Å². The van der Waals surface area contributed by atoms with Gasteiger partial charge >= 0.3 is 0 Å². The number of anilines is 1. The highest BCUT2D eigenvalue weighted by atomic mass is 32.2. The molecule has 0 radical (unpaired) electrons. The summed E-state index contributed by atoms with van der Waals surface area (Å²) in [5.41, 5.74) is 1.89. The van der Waals surface area contributed by atoms with Crippen LogP contribution in [0.1, 0.15) is 41.1 Å². The lowest BCUT2D eigenvalue weighted by Gasteiger charge is -2.15. The average Bonchev–Trinajstić information content (AvgIpc) is 2.93. The van der Waals surface area contributed by atoms with E-state index in [1.165, 1.54) is 0 Å². The van der Waals surface area contributed by atoms with Gasteiger partial charge in [-0.2, -0.15) is 0 Å². The Morgan fingerprint density at radius 1 is 1.23 bits per heavy atom. The topological polar surface area (TPSA) is 101 Å². The van der Waals surface area contributed by atoms with Crippen molar-refractivity contribution in [3.8, 4) is 0 Å². The molecule has 2 unspecified atom stereocenters. The van der Waals surface area contributed by atoms with Crippen molar-refractivity contribution in [2.75, 3.05) is 16.8 Å². The van der Waals surface area contributed by atoms with Gasteiger partial charge in [-0.05, 0) is 31.9 Å². The molecule has 8 heteroatoms. The monoisotopic (exact) mass is 374 g/mol. The average molecular weight is 374 g/mol. The summed E-state index contributed by atoms with van der Waals surface area (Å²) < 4.78 is 23.2. The van der Waals surface area contributed by atoms with Gasteiger partial charge in [0, 0.05) is 11.7 Å². The van der Waals surface area contributed by atoms with Crippen molar-refractivity contribution in [3.63, 3.8) is 0 Å². The van der Waals surface area contributed by atoms with E-state index in [2.05, 4.69) is 20.6 Å². The van der Waals surface area contributed by atoms with Crippen molar-refractivity contribution in [2.24, 2.45) is 0 Å². The Kier molecular flexibility index (Phi) is 5.22. The summed E-state index contributed by atoms with van der Waals surface area (Å²) in [6.07, 6.45) is 0.520. The molecule has 2 N–H and O–H groups in total. The van der Waals surface area contributed by atoms with Gasteiger partial charge in [-0.15, -0.1) is 0 Å². The van der Waals surface area contributed by atoms with E-state index >= 15 is 0 Å². The molecule has 0 spiro atoms. The predicted molar refractivity (Wildman–Crippen MR) is 99.8 cm³/mol. The maximum atomic E-state index is 12.5. The van der Waals surface area contributed by atoms with E-state index in [0.29, 0.717) is 12.1 Å². The van der Waals surface area contributed by atoms with E-state index in [9.17, 15) is 13.2 Å². The van der Waals surface area contributed by atoms with Crippen molar-refractivity contribution in [3.05, 3.63) is 53.3 Å². The number of nitrogens with one attached hydrogen (secondary N) is 2. The first-order chi connectivity index (χ1) is 12.3. The predicted octanol–water partition coefficient (Wildman–Crippen LogP) is 1.88. The first kappa shape index (κ1) is 18.3. The van der Waals surface area contributed by atoms with Crippen molar-refractivity contribution >= 4 is 21.7 Å². The largest absolute Gasteiger partial charge is 0.350 e. The number of rotatable bonds is 5. The van der Waals surface area contributed by atoms with Crippen molar-refractivity contribution < 1.29 is 13.2 Å². The highest BCUT2D eigenvalue weighted by Crippen LogP contribution is 2.17. The van der Waals surface area contributed by atoms with Gasteiger partial charge in [0.2, 0.25) is 5.95 Å². The second kappa shape index (κ2) is 7.41. The van der Waals surface area contributed by atoms with Crippen LogP contribution >= 0.6 is 0 Å². The number of carbonyl (C=O) groups excluding carboxylic acids is 1. The third kappa shape index (κ3) is 4.57. The van der Waals surface area contributed by atoms with Gasteiger partial charge in [-0.25, -0.2) is 18.4 Å². The number of aryl methyl sites for hydroxylation is 1. The number of amides is 1. The molecule has 1 aromatic carbocycles. The van der Waals surface area contributed by atoms with Gasteiger partial charge in [0.05, 0.1) is 17.5 Å². The van der Waals surface area contributed by atoms with Gasteiger partial charge in [-0.1, -0.05) is 30.3 Å².